The number of aryl methyl sites for hydroxylation is 1. The molecule has 1 aliphatic heterocycles. The van der Waals surface area contributed by atoms with E-state index in [0.29, 0.717) is 11.6 Å². The minimum Gasteiger partial charge on any atom is -0.336 e. The molecular weight excluding hydrogens is 228 g/mol. The zero-order valence-electron chi connectivity index (χ0n) is 10.1. The topological polar surface area (TPSA) is 61.9 Å². The molecule has 0 bridgehead atoms. The lowest BCUT2D eigenvalue weighted by Gasteiger charge is -2.38. The Morgan fingerprint density at radius 1 is 1.44 bits per heavy atom. The van der Waals surface area contributed by atoms with Crippen LogP contribution in [0.1, 0.15) is 27.8 Å². The van der Waals surface area contributed by atoms with E-state index in [9.17, 15) is 4.79 Å². The minimum atomic E-state index is -0.00784. The van der Waals surface area contributed by atoms with Gasteiger partial charge in [0, 0.05) is 36.6 Å². The lowest BCUT2D eigenvalue weighted by atomic mass is 9.95. The van der Waals surface area contributed by atoms with Gasteiger partial charge in [-0.3, -0.25) is 14.9 Å². The van der Waals surface area contributed by atoms with Crippen molar-refractivity contribution in [3.05, 3.63) is 47.5 Å². The summed E-state index contributed by atoms with van der Waals surface area (Å²) >= 11 is 0. The van der Waals surface area contributed by atoms with Crippen molar-refractivity contribution in [1.29, 1.82) is 0 Å². The summed E-state index contributed by atoms with van der Waals surface area (Å²) in [7, 11) is 0. The summed E-state index contributed by atoms with van der Waals surface area (Å²) in [5.74, 6) is 0.349. The summed E-state index contributed by atoms with van der Waals surface area (Å²) in [6, 6.07) is 7.66. The molecule has 1 amide bonds. The Bertz CT molecular complexity index is 557. The van der Waals surface area contributed by atoms with Crippen molar-refractivity contribution in [2.45, 2.75) is 12.8 Å². The number of nitrogens with zero attached hydrogens (tertiary/aromatic N) is 3. The van der Waals surface area contributed by atoms with Crippen molar-refractivity contribution < 1.29 is 4.79 Å². The fourth-order valence-corrected chi connectivity index (χ4v) is 2.14. The molecule has 18 heavy (non-hydrogen) atoms. The quantitative estimate of drug-likeness (QED) is 0.864. The lowest BCUT2D eigenvalue weighted by molar-refractivity contribution is 0.0592. The van der Waals surface area contributed by atoms with E-state index < -0.39 is 0 Å². The summed E-state index contributed by atoms with van der Waals surface area (Å²) in [5.41, 5.74) is 2.45. The second-order valence-corrected chi connectivity index (χ2v) is 4.60. The monoisotopic (exact) mass is 242 g/mol. The molecule has 0 atom stereocenters. The van der Waals surface area contributed by atoms with E-state index in [2.05, 4.69) is 15.2 Å². The molecule has 0 unspecified atom stereocenters. The van der Waals surface area contributed by atoms with Gasteiger partial charge in [0.2, 0.25) is 0 Å². The molecule has 5 heteroatoms. The van der Waals surface area contributed by atoms with Gasteiger partial charge in [-0.05, 0) is 25.1 Å². The number of carbonyl (C=O) groups is 1. The SMILES string of the molecule is Cc1cc(C(=O)N2CC(c3ccccn3)C2)n[nH]1. The first-order valence-corrected chi connectivity index (χ1v) is 5.96. The Morgan fingerprint density at radius 2 is 2.28 bits per heavy atom. The fourth-order valence-electron chi connectivity index (χ4n) is 2.14. The molecule has 0 aromatic carbocycles. The van der Waals surface area contributed by atoms with E-state index in [0.717, 1.165) is 24.5 Å². The molecular formula is C13H14N4O. The molecule has 0 saturated carbocycles. The number of pyridine rings is 1. The van der Waals surface area contributed by atoms with Gasteiger partial charge in [0.25, 0.3) is 5.91 Å². The Kier molecular flexibility index (Phi) is 2.59. The molecule has 1 N–H and O–H groups in total. The van der Waals surface area contributed by atoms with Gasteiger partial charge in [-0.1, -0.05) is 6.07 Å². The number of carbonyl (C=O) groups excluding carboxylic acids is 1. The number of hydrogen-bond acceptors (Lipinski definition) is 3. The highest BCUT2D eigenvalue weighted by molar-refractivity contribution is 5.93. The van der Waals surface area contributed by atoms with Crippen LogP contribution in [0.25, 0.3) is 0 Å². The van der Waals surface area contributed by atoms with Crippen molar-refractivity contribution in [2.24, 2.45) is 0 Å². The zero-order valence-corrected chi connectivity index (χ0v) is 10.1. The number of aromatic nitrogens is 3. The number of likely N-dealkylation sites (tertiary alicyclic amines) is 1. The Labute approximate surface area is 105 Å². The molecule has 0 spiro atoms. The average Bonchev–Trinajstić information content (AvgIpc) is 2.75. The van der Waals surface area contributed by atoms with Gasteiger partial charge < -0.3 is 4.90 Å². The first-order chi connectivity index (χ1) is 8.74. The standard InChI is InChI=1S/C13H14N4O/c1-9-6-12(16-15-9)13(18)17-7-10(8-17)11-4-2-3-5-14-11/h2-6,10H,7-8H2,1H3,(H,15,16). The maximum Gasteiger partial charge on any atom is 0.274 e. The summed E-state index contributed by atoms with van der Waals surface area (Å²) in [5, 5.41) is 6.77. The van der Waals surface area contributed by atoms with Crippen LogP contribution >= 0.6 is 0 Å². The van der Waals surface area contributed by atoms with Gasteiger partial charge in [0.15, 0.2) is 0 Å². The van der Waals surface area contributed by atoms with Gasteiger partial charge in [-0.25, -0.2) is 0 Å². The number of hydrogen-bond donors (Lipinski definition) is 1. The molecule has 5 nitrogen and oxygen atoms in total. The predicted octanol–water partition coefficient (Wildman–Crippen LogP) is 1.35. The molecule has 3 heterocycles. The first kappa shape index (κ1) is 11.0. The molecule has 1 fully saturated rings. The third-order valence-electron chi connectivity index (χ3n) is 3.20. The van der Waals surface area contributed by atoms with Gasteiger partial charge in [0.05, 0.1) is 0 Å². The Hall–Kier alpha value is -2.17. The number of amides is 1. The molecule has 0 radical (unpaired) electrons. The third-order valence-corrected chi connectivity index (χ3v) is 3.20. The van der Waals surface area contributed by atoms with Crippen molar-refractivity contribution in [2.75, 3.05) is 13.1 Å². The summed E-state index contributed by atoms with van der Waals surface area (Å²) in [4.78, 5) is 18.2. The van der Waals surface area contributed by atoms with Crippen LogP contribution in [0.4, 0.5) is 0 Å². The molecule has 3 rings (SSSR count). The molecule has 1 aliphatic rings. The highest BCUT2D eigenvalue weighted by Gasteiger charge is 2.33. The van der Waals surface area contributed by atoms with Crippen LogP contribution in [0, 0.1) is 6.92 Å². The van der Waals surface area contributed by atoms with Crippen molar-refractivity contribution in [1.82, 2.24) is 20.1 Å². The highest BCUT2D eigenvalue weighted by Crippen LogP contribution is 2.26. The van der Waals surface area contributed by atoms with E-state index >= 15 is 0 Å². The number of H-pyrrole nitrogens is 1. The molecule has 2 aromatic heterocycles. The summed E-state index contributed by atoms with van der Waals surface area (Å²) in [6.45, 7) is 3.33. The van der Waals surface area contributed by atoms with E-state index in [1.807, 2.05) is 25.1 Å². The van der Waals surface area contributed by atoms with Crippen LogP contribution in [0.15, 0.2) is 30.5 Å². The fraction of sp³-hybridized carbons (Fsp3) is 0.308. The van der Waals surface area contributed by atoms with Crippen LogP contribution in [-0.2, 0) is 0 Å². The van der Waals surface area contributed by atoms with Crippen LogP contribution in [0.2, 0.25) is 0 Å². The van der Waals surface area contributed by atoms with Crippen molar-refractivity contribution in [3.8, 4) is 0 Å². The lowest BCUT2D eigenvalue weighted by Crippen LogP contribution is -2.48. The van der Waals surface area contributed by atoms with E-state index in [-0.39, 0.29) is 5.91 Å². The molecule has 1 saturated heterocycles. The number of rotatable bonds is 2. The predicted molar refractivity (Wildman–Crippen MR) is 66.2 cm³/mol. The number of nitrogens with one attached hydrogen (secondary N) is 1. The molecule has 0 aliphatic carbocycles. The van der Waals surface area contributed by atoms with Crippen molar-refractivity contribution in [3.63, 3.8) is 0 Å². The average molecular weight is 242 g/mol. The number of aromatic amines is 1. The van der Waals surface area contributed by atoms with Crippen LogP contribution in [-0.4, -0.2) is 39.1 Å². The maximum absolute atomic E-state index is 12.0. The van der Waals surface area contributed by atoms with Gasteiger partial charge >= 0.3 is 0 Å². The Balaban J connectivity index is 1.64. The van der Waals surface area contributed by atoms with Crippen LogP contribution in [0.3, 0.4) is 0 Å². The molecule has 2 aromatic rings. The second-order valence-electron chi connectivity index (χ2n) is 4.60. The van der Waals surface area contributed by atoms with Crippen molar-refractivity contribution >= 4 is 5.91 Å². The van der Waals surface area contributed by atoms with E-state index in [1.165, 1.54) is 0 Å². The van der Waals surface area contributed by atoms with Crippen LogP contribution in [0.5, 0.6) is 0 Å². The van der Waals surface area contributed by atoms with Gasteiger partial charge in [-0.15, -0.1) is 0 Å². The van der Waals surface area contributed by atoms with E-state index in [1.54, 1.807) is 17.2 Å². The second kappa shape index (κ2) is 4.25. The smallest absolute Gasteiger partial charge is 0.274 e. The first-order valence-electron chi connectivity index (χ1n) is 5.96. The summed E-state index contributed by atoms with van der Waals surface area (Å²) < 4.78 is 0. The normalized spacial score (nSPS) is 15.5. The van der Waals surface area contributed by atoms with Gasteiger partial charge in [0.1, 0.15) is 5.69 Å². The molecule has 92 valence electrons. The third kappa shape index (κ3) is 1.88. The Morgan fingerprint density at radius 3 is 2.89 bits per heavy atom. The van der Waals surface area contributed by atoms with Crippen LogP contribution < -0.4 is 0 Å². The summed E-state index contributed by atoms with van der Waals surface area (Å²) in [6.07, 6.45) is 1.79. The van der Waals surface area contributed by atoms with Gasteiger partial charge in [-0.2, -0.15) is 5.10 Å². The zero-order chi connectivity index (χ0) is 12.5. The minimum absolute atomic E-state index is 0.00784. The largest absolute Gasteiger partial charge is 0.336 e. The van der Waals surface area contributed by atoms with E-state index in [4.69, 9.17) is 0 Å². The maximum atomic E-state index is 12.0. The highest BCUT2D eigenvalue weighted by atomic mass is 16.2.